The number of carboxylic acids is 1. The zero-order valence-electron chi connectivity index (χ0n) is 11.2. The first-order valence-corrected chi connectivity index (χ1v) is 6.14. The molecule has 0 bridgehead atoms. The molecule has 0 aliphatic heterocycles. The standard InChI is InChI=1S/C14H22N2O2/c1-14(2,3)10-6-4-5-7-12(10)16-9-8-11(15)13(17)18/h4-7,11,16H,8-9,15H2,1-3H3,(H,17,18). The molecule has 1 atom stereocenters. The van der Waals surface area contributed by atoms with E-state index < -0.39 is 12.0 Å². The van der Waals surface area contributed by atoms with E-state index in [4.69, 9.17) is 10.8 Å². The molecule has 4 nitrogen and oxygen atoms in total. The minimum atomic E-state index is -0.957. The quantitative estimate of drug-likeness (QED) is 0.749. The summed E-state index contributed by atoms with van der Waals surface area (Å²) in [6.45, 7) is 7.00. The third kappa shape index (κ3) is 4.04. The van der Waals surface area contributed by atoms with Crippen LogP contribution in [-0.4, -0.2) is 23.7 Å². The Hall–Kier alpha value is -1.55. The highest BCUT2D eigenvalue weighted by Crippen LogP contribution is 2.29. The van der Waals surface area contributed by atoms with Crippen LogP contribution in [-0.2, 0) is 10.2 Å². The summed E-state index contributed by atoms with van der Waals surface area (Å²) < 4.78 is 0. The highest BCUT2D eigenvalue weighted by Gasteiger charge is 2.17. The smallest absolute Gasteiger partial charge is 0.320 e. The van der Waals surface area contributed by atoms with Crippen LogP contribution in [0.5, 0.6) is 0 Å². The van der Waals surface area contributed by atoms with Crippen LogP contribution in [0.4, 0.5) is 5.69 Å². The molecule has 0 spiro atoms. The van der Waals surface area contributed by atoms with E-state index in [0.717, 1.165) is 5.69 Å². The third-order valence-corrected chi connectivity index (χ3v) is 2.82. The van der Waals surface area contributed by atoms with Crippen molar-refractivity contribution < 1.29 is 9.90 Å². The number of benzene rings is 1. The zero-order valence-corrected chi connectivity index (χ0v) is 11.2. The molecule has 0 saturated heterocycles. The number of carbonyl (C=O) groups is 1. The van der Waals surface area contributed by atoms with E-state index in [1.165, 1.54) is 5.56 Å². The number of nitrogens with two attached hydrogens (primary N) is 1. The van der Waals surface area contributed by atoms with E-state index in [-0.39, 0.29) is 5.41 Å². The average Bonchev–Trinajstić information content (AvgIpc) is 2.28. The molecule has 0 saturated carbocycles. The zero-order chi connectivity index (χ0) is 13.8. The molecular formula is C14H22N2O2. The van der Waals surface area contributed by atoms with Crippen LogP contribution in [0.2, 0.25) is 0 Å². The minimum Gasteiger partial charge on any atom is -0.480 e. The summed E-state index contributed by atoms with van der Waals surface area (Å²) >= 11 is 0. The number of aliphatic carboxylic acids is 1. The van der Waals surface area contributed by atoms with Gasteiger partial charge in [-0.25, -0.2) is 0 Å². The number of anilines is 1. The minimum absolute atomic E-state index is 0.0541. The molecule has 4 N–H and O–H groups in total. The predicted octanol–water partition coefficient (Wildman–Crippen LogP) is 2.20. The van der Waals surface area contributed by atoms with Gasteiger partial charge in [0.15, 0.2) is 0 Å². The van der Waals surface area contributed by atoms with Crippen LogP contribution in [0.25, 0.3) is 0 Å². The fourth-order valence-electron chi connectivity index (χ4n) is 1.78. The first-order chi connectivity index (χ1) is 8.32. The van der Waals surface area contributed by atoms with Crippen LogP contribution in [0.15, 0.2) is 24.3 Å². The second-order valence-corrected chi connectivity index (χ2v) is 5.46. The summed E-state index contributed by atoms with van der Waals surface area (Å²) in [5, 5.41) is 12.0. The Morgan fingerprint density at radius 3 is 2.56 bits per heavy atom. The van der Waals surface area contributed by atoms with E-state index in [9.17, 15) is 4.79 Å². The van der Waals surface area contributed by atoms with Crippen LogP contribution in [0.3, 0.4) is 0 Å². The van der Waals surface area contributed by atoms with Gasteiger partial charge in [0.05, 0.1) is 0 Å². The van der Waals surface area contributed by atoms with Gasteiger partial charge >= 0.3 is 5.97 Å². The molecular weight excluding hydrogens is 228 g/mol. The lowest BCUT2D eigenvalue weighted by Crippen LogP contribution is -2.32. The lowest BCUT2D eigenvalue weighted by atomic mass is 9.86. The SMILES string of the molecule is CC(C)(C)c1ccccc1NCCC(N)C(=O)O. The Bertz CT molecular complexity index is 411. The molecule has 0 radical (unpaired) electrons. The summed E-state index contributed by atoms with van der Waals surface area (Å²) in [5.41, 5.74) is 7.78. The van der Waals surface area contributed by atoms with Gasteiger partial charge in [0.25, 0.3) is 0 Å². The van der Waals surface area contributed by atoms with Crippen molar-refractivity contribution in [2.75, 3.05) is 11.9 Å². The maximum absolute atomic E-state index is 10.6. The highest BCUT2D eigenvalue weighted by atomic mass is 16.4. The van der Waals surface area contributed by atoms with E-state index in [1.807, 2.05) is 18.2 Å². The average molecular weight is 250 g/mol. The van der Waals surface area contributed by atoms with Crippen molar-refractivity contribution in [3.8, 4) is 0 Å². The lowest BCUT2D eigenvalue weighted by molar-refractivity contribution is -0.138. The third-order valence-electron chi connectivity index (χ3n) is 2.82. The van der Waals surface area contributed by atoms with Crippen molar-refractivity contribution in [2.45, 2.75) is 38.6 Å². The van der Waals surface area contributed by atoms with Crippen molar-refractivity contribution >= 4 is 11.7 Å². The Kier molecular flexibility index (Phi) is 4.73. The molecule has 4 heteroatoms. The van der Waals surface area contributed by atoms with Crippen LogP contribution >= 0.6 is 0 Å². The van der Waals surface area contributed by atoms with Gasteiger partial charge in [-0.2, -0.15) is 0 Å². The Labute approximate surface area is 108 Å². The fraction of sp³-hybridized carbons (Fsp3) is 0.500. The van der Waals surface area contributed by atoms with Gasteiger partial charge in [-0.15, -0.1) is 0 Å². The maximum atomic E-state index is 10.6. The van der Waals surface area contributed by atoms with Crippen molar-refractivity contribution in [1.29, 1.82) is 0 Å². The summed E-state index contributed by atoms with van der Waals surface area (Å²) in [6.07, 6.45) is 0.411. The van der Waals surface area contributed by atoms with Gasteiger partial charge in [0.2, 0.25) is 0 Å². The number of hydrogen-bond donors (Lipinski definition) is 3. The first-order valence-electron chi connectivity index (χ1n) is 6.14. The van der Waals surface area contributed by atoms with Crippen molar-refractivity contribution in [3.63, 3.8) is 0 Å². The molecule has 18 heavy (non-hydrogen) atoms. The summed E-state index contributed by atoms with van der Waals surface area (Å²) in [7, 11) is 0. The lowest BCUT2D eigenvalue weighted by Gasteiger charge is -2.23. The maximum Gasteiger partial charge on any atom is 0.320 e. The normalized spacial score (nSPS) is 13.1. The second-order valence-electron chi connectivity index (χ2n) is 5.46. The van der Waals surface area contributed by atoms with Crippen molar-refractivity contribution in [2.24, 2.45) is 5.73 Å². The number of para-hydroxylation sites is 1. The van der Waals surface area contributed by atoms with E-state index in [2.05, 4.69) is 32.2 Å². The van der Waals surface area contributed by atoms with Gasteiger partial charge in [0.1, 0.15) is 6.04 Å². The molecule has 0 aromatic heterocycles. The topological polar surface area (TPSA) is 75.3 Å². The Balaban J connectivity index is 2.66. The van der Waals surface area contributed by atoms with Crippen LogP contribution in [0, 0.1) is 0 Å². The molecule has 0 fully saturated rings. The predicted molar refractivity (Wildman–Crippen MR) is 73.9 cm³/mol. The summed E-state index contributed by atoms with van der Waals surface area (Å²) in [6, 6.07) is 7.26. The monoisotopic (exact) mass is 250 g/mol. The van der Waals surface area contributed by atoms with Gasteiger partial charge in [-0.05, 0) is 23.5 Å². The van der Waals surface area contributed by atoms with Crippen LogP contribution in [0.1, 0.15) is 32.8 Å². The molecule has 0 aliphatic rings. The summed E-state index contributed by atoms with van der Waals surface area (Å²) in [5.74, 6) is -0.957. The molecule has 1 aromatic carbocycles. The van der Waals surface area contributed by atoms with Crippen molar-refractivity contribution in [1.82, 2.24) is 0 Å². The molecule has 0 amide bonds. The van der Waals surface area contributed by atoms with E-state index in [0.29, 0.717) is 13.0 Å². The molecule has 100 valence electrons. The number of nitrogens with one attached hydrogen (secondary N) is 1. The number of hydrogen-bond acceptors (Lipinski definition) is 3. The molecule has 1 rings (SSSR count). The van der Waals surface area contributed by atoms with Gasteiger partial charge in [-0.3, -0.25) is 4.79 Å². The Morgan fingerprint density at radius 1 is 1.39 bits per heavy atom. The number of rotatable bonds is 5. The van der Waals surface area contributed by atoms with Crippen LogP contribution < -0.4 is 11.1 Å². The molecule has 0 aliphatic carbocycles. The summed E-state index contributed by atoms with van der Waals surface area (Å²) in [4.78, 5) is 10.6. The first kappa shape index (κ1) is 14.5. The second kappa shape index (κ2) is 5.87. The molecule has 1 aromatic rings. The Morgan fingerprint density at radius 2 is 2.00 bits per heavy atom. The highest BCUT2D eigenvalue weighted by molar-refractivity contribution is 5.73. The van der Waals surface area contributed by atoms with E-state index >= 15 is 0 Å². The molecule has 1 unspecified atom stereocenters. The fourth-order valence-corrected chi connectivity index (χ4v) is 1.78. The molecule has 0 heterocycles. The number of carboxylic acid groups (broad SMARTS) is 1. The van der Waals surface area contributed by atoms with Gasteiger partial charge in [0, 0.05) is 12.2 Å². The van der Waals surface area contributed by atoms with Gasteiger partial charge in [-0.1, -0.05) is 39.0 Å². The van der Waals surface area contributed by atoms with E-state index in [1.54, 1.807) is 0 Å². The largest absolute Gasteiger partial charge is 0.480 e. The van der Waals surface area contributed by atoms with Crippen molar-refractivity contribution in [3.05, 3.63) is 29.8 Å². The van der Waals surface area contributed by atoms with Gasteiger partial charge < -0.3 is 16.2 Å².